The van der Waals surface area contributed by atoms with Crippen LogP contribution < -0.4 is 10.3 Å². The third-order valence-corrected chi connectivity index (χ3v) is 3.59. The number of likely N-dealkylation sites (tertiary alicyclic amines) is 1. The van der Waals surface area contributed by atoms with E-state index in [1.54, 1.807) is 0 Å². The predicted octanol–water partition coefficient (Wildman–Crippen LogP) is 3.31. The molecule has 0 saturated carbocycles. The van der Waals surface area contributed by atoms with Crippen molar-refractivity contribution in [1.29, 1.82) is 0 Å². The monoisotopic (exact) mass is 256 g/mol. The topological polar surface area (TPSA) is 24.5 Å². The van der Waals surface area contributed by atoms with Crippen LogP contribution in [-0.2, 0) is 0 Å². The minimum Gasteiger partial charge on any atom is -0.382 e. The first kappa shape index (κ1) is 12.2. The van der Waals surface area contributed by atoms with Gasteiger partial charge in [0.2, 0.25) is 0 Å². The van der Waals surface area contributed by atoms with Crippen LogP contribution in [0.5, 0.6) is 5.75 Å². The van der Waals surface area contributed by atoms with E-state index in [1.807, 2.05) is 18.2 Å². The summed E-state index contributed by atoms with van der Waals surface area (Å²) in [6, 6.07) is 8.06. The summed E-state index contributed by atoms with van der Waals surface area (Å²) in [5.74, 6) is 0.895. The third kappa shape index (κ3) is 3.11. The normalized spacial score (nSPS) is 18.5. The van der Waals surface area contributed by atoms with Crippen molar-refractivity contribution in [3.63, 3.8) is 0 Å². The van der Waals surface area contributed by atoms with Crippen molar-refractivity contribution in [2.75, 3.05) is 13.1 Å². The molecule has 1 saturated heterocycles. The first-order valence-corrected chi connectivity index (χ1v) is 7.05. The van der Waals surface area contributed by atoms with Crippen molar-refractivity contribution in [3.05, 3.63) is 47.8 Å². The highest BCUT2D eigenvalue weighted by Gasteiger charge is 2.09. The molecule has 0 atom stereocenters. The molecule has 0 aromatic heterocycles. The SMILES string of the molecule is C(=CN1CCCCC1)CC1=Cc2ccccc2ON1. The first-order valence-electron chi connectivity index (χ1n) is 7.05. The van der Waals surface area contributed by atoms with E-state index in [0.717, 1.165) is 23.4 Å². The smallest absolute Gasteiger partial charge is 0.162 e. The summed E-state index contributed by atoms with van der Waals surface area (Å²) >= 11 is 0. The van der Waals surface area contributed by atoms with Gasteiger partial charge in [0.1, 0.15) is 0 Å². The fourth-order valence-electron chi connectivity index (χ4n) is 2.53. The Bertz CT molecular complexity index is 487. The lowest BCUT2D eigenvalue weighted by atomic mass is 10.1. The minimum absolute atomic E-state index is 0.880. The number of piperidine rings is 1. The molecule has 3 rings (SSSR count). The van der Waals surface area contributed by atoms with E-state index in [2.05, 4.69) is 34.8 Å². The summed E-state index contributed by atoms with van der Waals surface area (Å²) < 4.78 is 0. The molecule has 19 heavy (non-hydrogen) atoms. The molecule has 0 aliphatic carbocycles. The van der Waals surface area contributed by atoms with Gasteiger partial charge in [-0.05, 0) is 37.6 Å². The van der Waals surface area contributed by atoms with Crippen LogP contribution >= 0.6 is 0 Å². The van der Waals surface area contributed by atoms with Crippen molar-refractivity contribution < 1.29 is 4.84 Å². The molecule has 1 aromatic rings. The third-order valence-electron chi connectivity index (χ3n) is 3.59. The lowest BCUT2D eigenvalue weighted by Gasteiger charge is -2.25. The van der Waals surface area contributed by atoms with E-state index in [0.29, 0.717) is 0 Å². The number of benzene rings is 1. The molecule has 0 unspecified atom stereocenters. The number of hydrogen-bond acceptors (Lipinski definition) is 3. The van der Waals surface area contributed by atoms with Gasteiger partial charge in [-0.25, -0.2) is 5.48 Å². The minimum atomic E-state index is 0.880. The zero-order valence-electron chi connectivity index (χ0n) is 11.1. The van der Waals surface area contributed by atoms with Crippen LogP contribution in [0, 0.1) is 0 Å². The Morgan fingerprint density at radius 2 is 2.00 bits per heavy atom. The molecule has 1 fully saturated rings. The van der Waals surface area contributed by atoms with Gasteiger partial charge in [-0.3, -0.25) is 0 Å². The Labute approximate surface area is 114 Å². The Morgan fingerprint density at radius 1 is 1.16 bits per heavy atom. The molecule has 3 nitrogen and oxygen atoms in total. The number of hydroxylamine groups is 1. The standard InChI is InChI=1S/C16H20N2O/c1-4-10-18(11-5-1)12-6-8-15-13-14-7-2-3-9-16(14)19-17-15/h2-3,6-7,9,12-13,17H,1,4-5,8,10-11H2. The highest BCUT2D eigenvalue weighted by atomic mass is 16.6. The maximum atomic E-state index is 5.51. The Kier molecular flexibility index (Phi) is 3.73. The second-order valence-electron chi connectivity index (χ2n) is 5.10. The number of hydrogen-bond donors (Lipinski definition) is 1. The number of allylic oxidation sites excluding steroid dienone is 1. The van der Waals surface area contributed by atoms with Crippen LogP contribution in [-0.4, -0.2) is 18.0 Å². The molecule has 2 heterocycles. The molecule has 3 heteroatoms. The van der Waals surface area contributed by atoms with Crippen molar-refractivity contribution in [1.82, 2.24) is 10.4 Å². The molecular weight excluding hydrogens is 236 g/mol. The maximum Gasteiger partial charge on any atom is 0.162 e. The number of fused-ring (bicyclic) bond motifs is 1. The van der Waals surface area contributed by atoms with Gasteiger partial charge in [-0.2, -0.15) is 0 Å². The molecule has 0 spiro atoms. The summed E-state index contributed by atoms with van der Waals surface area (Å²) in [6.45, 7) is 2.39. The zero-order valence-corrected chi connectivity index (χ0v) is 11.1. The quantitative estimate of drug-likeness (QED) is 0.898. The van der Waals surface area contributed by atoms with Crippen LogP contribution in [0.4, 0.5) is 0 Å². The second kappa shape index (κ2) is 5.83. The molecule has 1 aromatic carbocycles. The van der Waals surface area contributed by atoms with Gasteiger partial charge >= 0.3 is 0 Å². The van der Waals surface area contributed by atoms with Crippen LogP contribution in [0.3, 0.4) is 0 Å². The predicted molar refractivity (Wildman–Crippen MR) is 77.4 cm³/mol. The largest absolute Gasteiger partial charge is 0.382 e. The summed E-state index contributed by atoms with van der Waals surface area (Å²) in [5, 5.41) is 0. The summed E-state index contributed by atoms with van der Waals surface area (Å²) in [6.07, 6.45) is 11.5. The number of nitrogens with zero attached hydrogens (tertiary/aromatic N) is 1. The summed E-state index contributed by atoms with van der Waals surface area (Å²) in [5.41, 5.74) is 5.25. The van der Waals surface area contributed by atoms with Gasteiger partial charge < -0.3 is 9.74 Å². The average Bonchev–Trinajstić information content (AvgIpc) is 2.48. The van der Waals surface area contributed by atoms with Crippen LogP contribution in [0.15, 0.2) is 42.2 Å². The summed E-state index contributed by atoms with van der Waals surface area (Å²) in [7, 11) is 0. The van der Waals surface area contributed by atoms with Crippen molar-refractivity contribution in [3.8, 4) is 5.75 Å². The van der Waals surface area contributed by atoms with Gasteiger partial charge in [0.25, 0.3) is 0 Å². The van der Waals surface area contributed by atoms with Crippen LogP contribution in [0.1, 0.15) is 31.2 Å². The molecule has 2 aliphatic heterocycles. The van der Waals surface area contributed by atoms with Crippen molar-refractivity contribution in [2.24, 2.45) is 0 Å². The molecular formula is C16H20N2O. The van der Waals surface area contributed by atoms with E-state index >= 15 is 0 Å². The van der Waals surface area contributed by atoms with Gasteiger partial charge in [-0.1, -0.05) is 24.3 Å². The Morgan fingerprint density at radius 3 is 2.89 bits per heavy atom. The van der Waals surface area contributed by atoms with E-state index in [4.69, 9.17) is 4.84 Å². The highest BCUT2D eigenvalue weighted by Crippen LogP contribution is 2.24. The van der Waals surface area contributed by atoms with Crippen molar-refractivity contribution in [2.45, 2.75) is 25.7 Å². The lowest BCUT2D eigenvalue weighted by Crippen LogP contribution is -2.24. The zero-order chi connectivity index (χ0) is 12.9. The van der Waals surface area contributed by atoms with E-state index < -0.39 is 0 Å². The second-order valence-corrected chi connectivity index (χ2v) is 5.10. The van der Waals surface area contributed by atoms with Gasteiger partial charge in [-0.15, -0.1) is 0 Å². The molecule has 100 valence electrons. The first-order chi connectivity index (χ1) is 9.42. The summed E-state index contributed by atoms with van der Waals surface area (Å²) in [4.78, 5) is 7.92. The van der Waals surface area contributed by atoms with Gasteiger partial charge in [0.15, 0.2) is 5.75 Å². The fourth-order valence-corrected chi connectivity index (χ4v) is 2.53. The van der Waals surface area contributed by atoms with Crippen LogP contribution in [0.2, 0.25) is 0 Å². The molecule has 1 N–H and O–H groups in total. The molecule has 0 bridgehead atoms. The van der Waals surface area contributed by atoms with E-state index in [-0.39, 0.29) is 0 Å². The number of para-hydroxylation sites is 1. The van der Waals surface area contributed by atoms with Crippen LogP contribution in [0.25, 0.3) is 6.08 Å². The van der Waals surface area contributed by atoms with Gasteiger partial charge in [0.05, 0.1) is 5.70 Å². The van der Waals surface area contributed by atoms with Crippen molar-refractivity contribution >= 4 is 6.08 Å². The molecule has 2 aliphatic rings. The fraction of sp³-hybridized carbons (Fsp3) is 0.375. The van der Waals surface area contributed by atoms with E-state index in [9.17, 15) is 0 Å². The lowest BCUT2D eigenvalue weighted by molar-refractivity contribution is 0.223. The number of rotatable bonds is 3. The maximum absolute atomic E-state index is 5.51. The Balaban J connectivity index is 1.59. The highest BCUT2D eigenvalue weighted by molar-refractivity contribution is 5.61. The molecule has 0 radical (unpaired) electrons. The number of nitrogens with one attached hydrogen (secondary N) is 1. The van der Waals surface area contributed by atoms with E-state index in [1.165, 1.54) is 32.4 Å². The molecule has 0 amide bonds. The Hall–Kier alpha value is -1.90. The van der Waals surface area contributed by atoms with Gasteiger partial charge in [0, 0.05) is 25.1 Å². The average molecular weight is 256 g/mol.